The number of hydrogen-bond donors (Lipinski definition) is 2. The Hall–Kier alpha value is -0.850. The molecule has 6 nitrogen and oxygen atoms in total. The number of ether oxygens (including phenoxy) is 2. The standard InChI is InChI=1S/C17H34N2O4/c1-13(18-11-17(5,6)12-20)9-14-10-22-8-7-19(14)15(21)23-16(2,3)4/h13-14,18,20H,7-12H2,1-6H3. The van der Waals surface area contributed by atoms with E-state index in [0.717, 1.165) is 13.0 Å². The Bertz CT molecular complexity index is 379. The molecule has 0 aliphatic carbocycles. The molecule has 2 unspecified atom stereocenters. The minimum absolute atomic E-state index is 0.0124. The first-order valence-corrected chi connectivity index (χ1v) is 8.46. The normalized spacial score (nSPS) is 21.2. The third kappa shape index (κ3) is 7.50. The SMILES string of the molecule is CC(CC1COCCN1C(=O)OC(C)(C)C)NCC(C)(C)CO. The fourth-order valence-electron chi connectivity index (χ4n) is 2.41. The van der Waals surface area contributed by atoms with E-state index in [0.29, 0.717) is 19.8 Å². The van der Waals surface area contributed by atoms with E-state index in [2.05, 4.69) is 12.2 Å². The first-order valence-electron chi connectivity index (χ1n) is 8.46. The highest BCUT2D eigenvalue weighted by molar-refractivity contribution is 5.68. The number of carbonyl (C=O) groups is 1. The van der Waals surface area contributed by atoms with Gasteiger partial charge < -0.3 is 24.8 Å². The summed E-state index contributed by atoms with van der Waals surface area (Å²) >= 11 is 0. The summed E-state index contributed by atoms with van der Waals surface area (Å²) in [7, 11) is 0. The lowest BCUT2D eigenvalue weighted by Gasteiger charge is -2.38. The summed E-state index contributed by atoms with van der Waals surface area (Å²) < 4.78 is 11.0. The smallest absolute Gasteiger partial charge is 0.410 e. The van der Waals surface area contributed by atoms with Crippen molar-refractivity contribution in [3.8, 4) is 0 Å². The number of carbonyl (C=O) groups excluding carboxylic acids is 1. The van der Waals surface area contributed by atoms with E-state index in [1.54, 1.807) is 4.90 Å². The van der Waals surface area contributed by atoms with E-state index in [9.17, 15) is 9.90 Å². The average molecular weight is 330 g/mol. The topological polar surface area (TPSA) is 71.0 Å². The van der Waals surface area contributed by atoms with E-state index >= 15 is 0 Å². The Balaban J connectivity index is 2.56. The highest BCUT2D eigenvalue weighted by atomic mass is 16.6. The predicted octanol–water partition coefficient (Wildman–Crippen LogP) is 2.01. The summed E-state index contributed by atoms with van der Waals surface area (Å²) in [5.41, 5.74) is -0.642. The number of nitrogens with one attached hydrogen (secondary N) is 1. The van der Waals surface area contributed by atoms with Crippen molar-refractivity contribution in [1.82, 2.24) is 10.2 Å². The number of rotatable bonds is 6. The third-order valence-corrected chi connectivity index (χ3v) is 3.84. The van der Waals surface area contributed by atoms with E-state index in [1.807, 2.05) is 34.6 Å². The van der Waals surface area contributed by atoms with Crippen LogP contribution in [0.15, 0.2) is 0 Å². The van der Waals surface area contributed by atoms with Gasteiger partial charge in [-0.3, -0.25) is 0 Å². The van der Waals surface area contributed by atoms with Crippen LogP contribution in [0.3, 0.4) is 0 Å². The van der Waals surface area contributed by atoms with Crippen LogP contribution in [0.2, 0.25) is 0 Å². The van der Waals surface area contributed by atoms with Crippen molar-refractivity contribution in [2.24, 2.45) is 5.41 Å². The van der Waals surface area contributed by atoms with E-state index in [-0.39, 0.29) is 30.2 Å². The van der Waals surface area contributed by atoms with Gasteiger partial charge in [0.25, 0.3) is 0 Å². The van der Waals surface area contributed by atoms with Crippen LogP contribution >= 0.6 is 0 Å². The Morgan fingerprint density at radius 3 is 2.61 bits per heavy atom. The molecule has 0 bridgehead atoms. The molecule has 1 fully saturated rings. The van der Waals surface area contributed by atoms with Gasteiger partial charge in [0.1, 0.15) is 5.60 Å². The predicted molar refractivity (Wildman–Crippen MR) is 90.5 cm³/mol. The van der Waals surface area contributed by atoms with Crippen molar-refractivity contribution in [3.63, 3.8) is 0 Å². The fourth-order valence-corrected chi connectivity index (χ4v) is 2.41. The van der Waals surface area contributed by atoms with Crippen LogP contribution in [-0.4, -0.2) is 66.7 Å². The van der Waals surface area contributed by atoms with Gasteiger partial charge in [-0.25, -0.2) is 4.79 Å². The molecule has 1 heterocycles. The second-order valence-corrected chi connectivity index (χ2v) is 8.24. The molecule has 1 amide bonds. The molecule has 0 radical (unpaired) electrons. The Labute approximate surface area is 140 Å². The zero-order valence-corrected chi connectivity index (χ0v) is 15.5. The minimum atomic E-state index is -0.491. The molecule has 0 saturated carbocycles. The van der Waals surface area contributed by atoms with Gasteiger partial charge in [0.15, 0.2) is 0 Å². The molecule has 2 N–H and O–H groups in total. The van der Waals surface area contributed by atoms with Crippen molar-refractivity contribution in [2.75, 3.05) is 32.9 Å². The number of nitrogens with zero attached hydrogens (tertiary/aromatic N) is 1. The lowest BCUT2D eigenvalue weighted by molar-refractivity contribution is -0.0357. The minimum Gasteiger partial charge on any atom is -0.444 e. The maximum atomic E-state index is 12.4. The summed E-state index contributed by atoms with van der Waals surface area (Å²) in [5, 5.41) is 12.8. The zero-order valence-electron chi connectivity index (χ0n) is 15.5. The molecule has 136 valence electrons. The third-order valence-electron chi connectivity index (χ3n) is 3.84. The molecular weight excluding hydrogens is 296 g/mol. The van der Waals surface area contributed by atoms with Gasteiger partial charge in [0.05, 0.1) is 19.3 Å². The van der Waals surface area contributed by atoms with Crippen molar-refractivity contribution < 1.29 is 19.4 Å². The van der Waals surface area contributed by atoms with Crippen LogP contribution in [0.5, 0.6) is 0 Å². The summed E-state index contributed by atoms with van der Waals surface area (Å²) in [6.45, 7) is 14.3. The van der Waals surface area contributed by atoms with Crippen molar-refractivity contribution >= 4 is 6.09 Å². The summed E-state index contributed by atoms with van der Waals surface area (Å²) in [6.07, 6.45) is 0.523. The Morgan fingerprint density at radius 2 is 2.04 bits per heavy atom. The Kier molecular flexibility index (Phi) is 7.29. The number of amides is 1. The summed E-state index contributed by atoms with van der Waals surface area (Å²) in [4.78, 5) is 14.1. The number of morpholine rings is 1. The maximum Gasteiger partial charge on any atom is 0.410 e. The maximum absolute atomic E-state index is 12.4. The molecular formula is C17H34N2O4. The molecule has 0 spiro atoms. The van der Waals surface area contributed by atoms with Gasteiger partial charge >= 0.3 is 6.09 Å². The largest absolute Gasteiger partial charge is 0.444 e. The lowest BCUT2D eigenvalue weighted by atomic mass is 9.94. The highest BCUT2D eigenvalue weighted by Crippen LogP contribution is 2.18. The van der Waals surface area contributed by atoms with Crippen molar-refractivity contribution in [1.29, 1.82) is 0 Å². The van der Waals surface area contributed by atoms with Crippen molar-refractivity contribution in [2.45, 2.75) is 65.6 Å². The van der Waals surface area contributed by atoms with E-state index in [1.165, 1.54) is 0 Å². The monoisotopic (exact) mass is 330 g/mol. The number of hydrogen-bond acceptors (Lipinski definition) is 5. The quantitative estimate of drug-likeness (QED) is 0.779. The average Bonchev–Trinajstić information content (AvgIpc) is 2.44. The van der Waals surface area contributed by atoms with Gasteiger partial charge in [0, 0.05) is 31.2 Å². The van der Waals surface area contributed by atoms with Crippen LogP contribution < -0.4 is 5.32 Å². The molecule has 0 aromatic carbocycles. The van der Waals surface area contributed by atoms with Crippen LogP contribution in [0.25, 0.3) is 0 Å². The van der Waals surface area contributed by atoms with Gasteiger partial charge in [-0.2, -0.15) is 0 Å². The van der Waals surface area contributed by atoms with Gasteiger partial charge in [-0.15, -0.1) is 0 Å². The molecule has 1 rings (SSSR count). The van der Waals surface area contributed by atoms with E-state index < -0.39 is 5.60 Å². The Morgan fingerprint density at radius 1 is 1.39 bits per heavy atom. The first-order chi connectivity index (χ1) is 10.5. The van der Waals surface area contributed by atoms with E-state index in [4.69, 9.17) is 9.47 Å². The molecule has 1 aliphatic rings. The zero-order chi connectivity index (χ0) is 17.7. The highest BCUT2D eigenvalue weighted by Gasteiger charge is 2.32. The molecule has 0 aromatic heterocycles. The van der Waals surface area contributed by atoms with Gasteiger partial charge in [0.2, 0.25) is 0 Å². The molecule has 6 heteroatoms. The molecule has 23 heavy (non-hydrogen) atoms. The van der Waals surface area contributed by atoms with Gasteiger partial charge in [-0.1, -0.05) is 13.8 Å². The van der Waals surface area contributed by atoms with Crippen LogP contribution in [0.4, 0.5) is 4.79 Å². The fraction of sp³-hybridized carbons (Fsp3) is 0.941. The summed E-state index contributed by atoms with van der Waals surface area (Å²) in [6, 6.07) is 0.232. The number of aliphatic hydroxyl groups is 1. The van der Waals surface area contributed by atoms with Crippen molar-refractivity contribution in [3.05, 3.63) is 0 Å². The van der Waals surface area contributed by atoms with Gasteiger partial charge in [-0.05, 0) is 34.1 Å². The second kappa shape index (κ2) is 8.31. The second-order valence-electron chi connectivity index (χ2n) is 8.24. The van der Waals surface area contributed by atoms with Crippen LogP contribution in [0.1, 0.15) is 48.0 Å². The van der Waals surface area contributed by atoms with Crippen LogP contribution in [-0.2, 0) is 9.47 Å². The molecule has 1 saturated heterocycles. The molecule has 0 aromatic rings. The summed E-state index contributed by atoms with van der Waals surface area (Å²) in [5.74, 6) is 0. The molecule has 1 aliphatic heterocycles. The number of aliphatic hydroxyl groups excluding tert-OH is 1. The first kappa shape index (κ1) is 20.2. The molecule has 2 atom stereocenters. The lowest BCUT2D eigenvalue weighted by Crippen LogP contribution is -2.52. The van der Waals surface area contributed by atoms with Crippen LogP contribution in [0, 0.1) is 5.41 Å².